The van der Waals surface area contributed by atoms with Crippen molar-refractivity contribution < 1.29 is 9.53 Å². The Morgan fingerprint density at radius 3 is 2.50 bits per heavy atom. The molecule has 0 spiro atoms. The largest absolute Gasteiger partial charge is 0.466 e. The van der Waals surface area contributed by atoms with Crippen LogP contribution in [0.5, 0.6) is 0 Å². The lowest BCUT2D eigenvalue weighted by Gasteiger charge is -2.31. The fourth-order valence-electron chi connectivity index (χ4n) is 2.61. The second-order valence-electron chi connectivity index (χ2n) is 5.11. The van der Waals surface area contributed by atoms with Crippen LogP contribution >= 0.6 is 0 Å². The zero-order valence-corrected chi connectivity index (χ0v) is 12.1. The van der Waals surface area contributed by atoms with Crippen LogP contribution in [-0.2, 0) is 9.53 Å². The number of rotatable bonds is 6. The molecule has 3 heteroatoms. The highest BCUT2D eigenvalue weighted by Crippen LogP contribution is 2.21. The van der Waals surface area contributed by atoms with Gasteiger partial charge in [0.2, 0.25) is 0 Å². The van der Waals surface area contributed by atoms with Crippen LogP contribution in [0.15, 0.2) is 11.6 Å². The molecule has 18 heavy (non-hydrogen) atoms. The highest BCUT2D eigenvalue weighted by molar-refractivity contribution is 5.88. The minimum absolute atomic E-state index is 0.182. The molecule has 104 valence electrons. The summed E-state index contributed by atoms with van der Waals surface area (Å²) in [6, 6.07) is 0. The molecule has 0 aromatic rings. The van der Waals surface area contributed by atoms with Crippen molar-refractivity contribution in [3.05, 3.63) is 11.6 Å². The Balaban J connectivity index is 2.36. The van der Waals surface area contributed by atoms with E-state index in [2.05, 4.69) is 11.8 Å². The quantitative estimate of drug-likeness (QED) is 0.538. The van der Waals surface area contributed by atoms with E-state index in [1.54, 1.807) is 0 Å². The van der Waals surface area contributed by atoms with Gasteiger partial charge in [-0.15, -0.1) is 0 Å². The van der Waals surface area contributed by atoms with Crippen molar-refractivity contribution in [1.29, 1.82) is 0 Å². The molecule has 0 radical (unpaired) electrons. The SMILES string of the molecule is CCCC1CCN(CC=C(CC)C(=O)OC)CC1. The van der Waals surface area contributed by atoms with Gasteiger partial charge in [-0.2, -0.15) is 0 Å². The Morgan fingerprint density at radius 2 is 2.00 bits per heavy atom. The molecule has 0 unspecified atom stereocenters. The number of methoxy groups -OCH3 is 1. The molecule has 0 atom stereocenters. The number of carbonyl (C=O) groups is 1. The summed E-state index contributed by atoms with van der Waals surface area (Å²) in [4.78, 5) is 13.9. The number of ether oxygens (including phenoxy) is 1. The second-order valence-corrected chi connectivity index (χ2v) is 5.11. The number of hydrogen-bond donors (Lipinski definition) is 0. The van der Waals surface area contributed by atoms with Crippen molar-refractivity contribution in [1.82, 2.24) is 4.90 Å². The topological polar surface area (TPSA) is 29.5 Å². The van der Waals surface area contributed by atoms with Crippen LogP contribution in [0.25, 0.3) is 0 Å². The predicted octanol–water partition coefficient (Wildman–Crippen LogP) is 3.01. The van der Waals surface area contributed by atoms with E-state index in [1.165, 1.54) is 45.9 Å². The van der Waals surface area contributed by atoms with Crippen molar-refractivity contribution in [3.8, 4) is 0 Å². The van der Waals surface area contributed by atoms with Gasteiger partial charge in [-0.25, -0.2) is 4.79 Å². The molecule has 1 heterocycles. The van der Waals surface area contributed by atoms with Gasteiger partial charge in [0.25, 0.3) is 0 Å². The van der Waals surface area contributed by atoms with Gasteiger partial charge in [-0.1, -0.05) is 32.8 Å². The van der Waals surface area contributed by atoms with E-state index in [1.807, 2.05) is 13.0 Å². The summed E-state index contributed by atoms with van der Waals surface area (Å²) in [5.74, 6) is 0.736. The van der Waals surface area contributed by atoms with E-state index in [0.29, 0.717) is 0 Å². The van der Waals surface area contributed by atoms with Crippen LogP contribution in [0.4, 0.5) is 0 Å². The monoisotopic (exact) mass is 253 g/mol. The highest BCUT2D eigenvalue weighted by Gasteiger charge is 2.18. The summed E-state index contributed by atoms with van der Waals surface area (Å²) in [5.41, 5.74) is 0.799. The van der Waals surface area contributed by atoms with E-state index in [9.17, 15) is 4.79 Å². The first-order valence-corrected chi connectivity index (χ1v) is 7.20. The minimum Gasteiger partial charge on any atom is -0.466 e. The van der Waals surface area contributed by atoms with Crippen molar-refractivity contribution in [2.75, 3.05) is 26.7 Å². The van der Waals surface area contributed by atoms with Crippen LogP contribution < -0.4 is 0 Å². The lowest BCUT2D eigenvalue weighted by atomic mass is 9.92. The van der Waals surface area contributed by atoms with E-state index in [-0.39, 0.29) is 5.97 Å². The van der Waals surface area contributed by atoms with Gasteiger partial charge >= 0.3 is 5.97 Å². The molecule has 1 aliphatic heterocycles. The molecule has 1 saturated heterocycles. The summed E-state index contributed by atoms with van der Waals surface area (Å²) < 4.78 is 4.77. The lowest BCUT2D eigenvalue weighted by molar-refractivity contribution is -0.136. The second kappa shape index (κ2) is 8.30. The Hall–Kier alpha value is -0.830. The van der Waals surface area contributed by atoms with Crippen molar-refractivity contribution in [2.24, 2.45) is 5.92 Å². The molecule has 0 aromatic heterocycles. The number of esters is 1. The van der Waals surface area contributed by atoms with E-state index >= 15 is 0 Å². The molecular weight excluding hydrogens is 226 g/mol. The molecule has 1 aliphatic rings. The molecule has 0 amide bonds. The van der Waals surface area contributed by atoms with Crippen LogP contribution in [0.3, 0.4) is 0 Å². The smallest absolute Gasteiger partial charge is 0.333 e. The third-order valence-electron chi connectivity index (χ3n) is 3.83. The van der Waals surface area contributed by atoms with Crippen molar-refractivity contribution in [2.45, 2.75) is 46.0 Å². The molecular formula is C15H27NO2. The van der Waals surface area contributed by atoms with E-state index in [0.717, 1.165) is 24.5 Å². The van der Waals surface area contributed by atoms with Crippen molar-refractivity contribution in [3.63, 3.8) is 0 Å². The number of hydrogen-bond acceptors (Lipinski definition) is 3. The summed E-state index contributed by atoms with van der Waals surface area (Å²) >= 11 is 0. The Kier molecular flexibility index (Phi) is 7.02. The predicted molar refractivity (Wildman–Crippen MR) is 74.5 cm³/mol. The first-order valence-electron chi connectivity index (χ1n) is 7.20. The fraction of sp³-hybridized carbons (Fsp3) is 0.800. The summed E-state index contributed by atoms with van der Waals surface area (Å²) in [7, 11) is 1.45. The summed E-state index contributed by atoms with van der Waals surface area (Å²) in [6.45, 7) is 7.48. The van der Waals surface area contributed by atoms with Gasteiger partial charge in [0.15, 0.2) is 0 Å². The third-order valence-corrected chi connectivity index (χ3v) is 3.83. The molecule has 1 rings (SSSR count). The average Bonchev–Trinajstić information content (AvgIpc) is 2.41. The van der Waals surface area contributed by atoms with Gasteiger partial charge < -0.3 is 4.74 Å². The van der Waals surface area contributed by atoms with E-state index in [4.69, 9.17) is 4.74 Å². The normalized spacial score (nSPS) is 18.9. The highest BCUT2D eigenvalue weighted by atomic mass is 16.5. The molecule has 1 fully saturated rings. The van der Waals surface area contributed by atoms with Gasteiger partial charge in [0.05, 0.1) is 7.11 Å². The van der Waals surface area contributed by atoms with E-state index < -0.39 is 0 Å². The van der Waals surface area contributed by atoms with Crippen LogP contribution in [-0.4, -0.2) is 37.6 Å². The molecule has 0 aliphatic carbocycles. The Labute approximate surface area is 111 Å². The molecule has 0 bridgehead atoms. The number of nitrogens with zero attached hydrogens (tertiary/aromatic N) is 1. The zero-order chi connectivity index (χ0) is 13.4. The molecule has 0 N–H and O–H groups in total. The first-order chi connectivity index (χ1) is 8.71. The molecule has 3 nitrogen and oxygen atoms in total. The van der Waals surface area contributed by atoms with Gasteiger partial charge in [-0.3, -0.25) is 4.90 Å². The van der Waals surface area contributed by atoms with Crippen molar-refractivity contribution >= 4 is 5.97 Å². The number of carbonyl (C=O) groups excluding carboxylic acids is 1. The zero-order valence-electron chi connectivity index (χ0n) is 12.1. The lowest BCUT2D eigenvalue weighted by Crippen LogP contribution is -2.34. The Bertz CT molecular complexity index is 278. The maximum absolute atomic E-state index is 11.4. The maximum Gasteiger partial charge on any atom is 0.333 e. The minimum atomic E-state index is -0.182. The van der Waals surface area contributed by atoms with Gasteiger partial charge in [0, 0.05) is 12.1 Å². The van der Waals surface area contributed by atoms with Gasteiger partial charge in [0.1, 0.15) is 0 Å². The first kappa shape index (κ1) is 15.2. The maximum atomic E-state index is 11.4. The molecule has 0 aromatic carbocycles. The fourth-order valence-corrected chi connectivity index (χ4v) is 2.61. The third kappa shape index (κ3) is 4.81. The molecule has 0 saturated carbocycles. The average molecular weight is 253 g/mol. The summed E-state index contributed by atoms with van der Waals surface area (Å²) in [6.07, 6.45) is 8.06. The number of piperidine rings is 1. The summed E-state index contributed by atoms with van der Waals surface area (Å²) in [5, 5.41) is 0. The van der Waals surface area contributed by atoms with Gasteiger partial charge in [-0.05, 0) is 38.3 Å². The van der Waals surface area contributed by atoms with Crippen LogP contribution in [0.1, 0.15) is 46.0 Å². The van der Waals surface area contributed by atoms with Crippen LogP contribution in [0, 0.1) is 5.92 Å². The van der Waals surface area contributed by atoms with Crippen LogP contribution in [0.2, 0.25) is 0 Å². The standard InChI is InChI=1S/C15H27NO2/c1-4-6-13-7-10-16(11-8-13)12-9-14(5-2)15(17)18-3/h9,13H,4-8,10-12H2,1-3H3. The number of likely N-dealkylation sites (tertiary alicyclic amines) is 1. The Morgan fingerprint density at radius 1 is 1.33 bits per heavy atom.